The SMILES string of the molecule is CCOC(C)(C)CNC(=O)CC1(NC)CCCCC1. The van der Waals surface area contributed by atoms with Crippen LogP contribution in [0.2, 0.25) is 0 Å². The highest BCUT2D eigenvalue weighted by molar-refractivity contribution is 5.77. The van der Waals surface area contributed by atoms with Crippen molar-refractivity contribution < 1.29 is 9.53 Å². The molecule has 0 atom stereocenters. The third kappa shape index (κ3) is 5.49. The van der Waals surface area contributed by atoms with Gasteiger partial charge in [-0.2, -0.15) is 0 Å². The molecule has 1 amide bonds. The molecule has 0 bridgehead atoms. The first-order chi connectivity index (χ1) is 8.93. The Bertz CT molecular complexity index is 284. The molecule has 0 saturated heterocycles. The van der Waals surface area contributed by atoms with Crippen molar-refractivity contribution >= 4 is 5.91 Å². The van der Waals surface area contributed by atoms with Gasteiger partial charge >= 0.3 is 0 Å². The molecule has 19 heavy (non-hydrogen) atoms. The van der Waals surface area contributed by atoms with Crippen molar-refractivity contribution in [2.75, 3.05) is 20.2 Å². The fourth-order valence-corrected chi connectivity index (χ4v) is 2.87. The van der Waals surface area contributed by atoms with Gasteiger partial charge in [-0.25, -0.2) is 0 Å². The first-order valence-corrected chi connectivity index (χ1v) is 7.53. The lowest BCUT2D eigenvalue weighted by Gasteiger charge is -2.37. The topological polar surface area (TPSA) is 50.4 Å². The fourth-order valence-electron chi connectivity index (χ4n) is 2.87. The maximum atomic E-state index is 12.1. The van der Waals surface area contributed by atoms with E-state index in [1.807, 2.05) is 27.8 Å². The highest BCUT2D eigenvalue weighted by atomic mass is 16.5. The summed E-state index contributed by atoms with van der Waals surface area (Å²) < 4.78 is 5.59. The number of carbonyl (C=O) groups is 1. The molecule has 1 rings (SSSR count). The minimum absolute atomic E-state index is 0.0120. The Morgan fingerprint density at radius 1 is 1.26 bits per heavy atom. The average Bonchev–Trinajstić information content (AvgIpc) is 2.38. The van der Waals surface area contributed by atoms with Gasteiger partial charge < -0.3 is 15.4 Å². The number of ether oxygens (including phenoxy) is 1. The molecule has 0 radical (unpaired) electrons. The first kappa shape index (κ1) is 16.4. The molecule has 2 N–H and O–H groups in total. The minimum atomic E-state index is -0.288. The number of hydrogen-bond donors (Lipinski definition) is 2. The van der Waals surface area contributed by atoms with E-state index < -0.39 is 0 Å². The van der Waals surface area contributed by atoms with Gasteiger partial charge in [0.1, 0.15) is 0 Å². The molecule has 1 fully saturated rings. The lowest BCUT2D eigenvalue weighted by atomic mass is 9.79. The zero-order chi connectivity index (χ0) is 14.4. The molecule has 1 saturated carbocycles. The van der Waals surface area contributed by atoms with E-state index in [2.05, 4.69) is 10.6 Å². The van der Waals surface area contributed by atoms with Gasteiger partial charge in [-0.05, 0) is 40.7 Å². The van der Waals surface area contributed by atoms with Gasteiger partial charge in [0, 0.05) is 25.1 Å². The largest absolute Gasteiger partial charge is 0.374 e. The Kier molecular flexibility index (Phi) is 6.27. The van der Waals surface area contributed by atoms with Crippen LogP contribution in [0.1, 0.15) is 59.3 Å². The van der Waals surface area contributed by atoms with Crippen molar-refractivity contribution in [2.24, 2.45) is 0 Å². The smallest absolute Gasteiger partial charge is 0.221 e. The van der Waals surface area contributed by atoms with Gasteiger partial charge in [0.2, 0.25) is 5.91 Å². The third-order valence-electron chi connectivity index (χ3n) is 4.09. The Labute approximate surface area is 117 Å². The van der Waals surface area contributed by atoms with Crippen molar-refractivity contribution in [1.29, 1.82) is 0 Å². The lowest BCUT2D eigenvalue weighted by Crippen LogP contribution is -2.49. The second-order valence-electron chi connectivity index (χ2n) is 6.24. The maximum absolute atomic E-state index is 12.1. The van der Waals surface area contributed by atoms with E-state index in [4.69, 9.17) is 4.74 Å². The van der Waals surface area contributed by atoms with Gasteiger partial charge in [0.15, 0.2) is 0 Å². The number of carbonyl (C=O) groups excluding carboxylic acids is 1. The minimum Gasteiger partial charge on any atom is -0.374 e. The van der Waals surface area contributed by atoms with Crippen molar-refractivity contribution in [3.05, 3.63) is 0 Å². The van der Waals surface area contributed by atoms with Crippen LogP contribution in [0.15, 0.2) is 0 Å². The summed E-state index contributed by atoms with van der Waals surface area (Å²) in [6, 6.07) is 0. The molecular weight excluding hydrogens is 240 g/mol. The van der Waals surface area contributed by atoms with Crippen LogP contribution in [0.3, 0.4) is 0 Å². The van der Waals surface area contributed by atoms with E-state index in [-0.39, 0.29) is 17.0 Å². The summed E-state index contributed by atoms with van der Waals surface area (Å²) in [7, 11) is 1.97. The van der Waals surface area contributed by atoms with Crippen LogP contribution in [0, 0.1) is 0 Å². The molecule has 112 valence electrons. The van der Waals surface area contributed by atoms with E-state index >= 15 is 0 Å². The number of amides is 1. The summed E-state index contributed by atoms with van der Waals surface area (Å²) >= 11 is 0. The summed E-state index contributed by atoms with van der Waals surface area (Å²) in [5.41, 5.74) is -0.276. The lowest BCUT2D eigenvalue weighted by molar-refractivity contribution is -0.124. The highest BCUT2D eigenvalue weighted by Gasteiger charge is 2.32. The van der Waals surface area contributed by atoms with Crippen molar-refractivity contribution in [3.63, 3.8) is 0 Å². The number of rotatable bonds is 7. The van der Waals surface area contributed by atoms with Gasteiger partial charge in [-0.3, -0.25) is 4.79 Å². The zero-order valence-electron chi connectivity index (χ0n) is 13.0. The molecule has 0 heterocycles. The van der Waals surface area contributed by atoms with Crippen LogP contribution in [0.5, 0.6) is 0 Å². The van der Waals surface area contributed by atoms with Gasteiger partial charge in [0.25, 0.3) is 0 Å². The zero-order valence-corrected chi connectivity index (χ0v) is 13.0. The molecule has 0 aliphatic heterocycles. The van der Waals surface area contributed by atoms with Crippen LogP contribution in [0.4, 0.5) is 0 Å². The Hall–Kier alpha value is -0.610. The van der Waals surface area contributed by atoms with Crippen LogP contribution in [-0.4, -0.2) is 37.2 Å². The van der Waals surface area contributed by atoms with Crippen LogP contribution < -0.4 is 10.6 Å². The van der Waals surface area contributed by atoms with E-state index in [9.17, 15) is 4.79 Å². The molecule has 4 heteroatoms. The first-order valence-electron chi connectivity index (χ1n) is 7.53. The molecular formula is C15H30N2O2. The standard InChI is InChI=1S/C15H30N2O2/c1-5-19-14(2,3)12-17-13(18)11-15(16-4)9-7-6-8-10-15/h16H,5-12H2,1-4H3,(H,17,18). The third-order valence-corrected chi connectivity index (χ3v) is 4.09. The summed E-state index contributed by atoms with van der Waals surface area (Å²) in [4.78, 5) is 12.1. The van der Waals surface area contributed by atoms with Crippen LogP contribution in [0.25, 0.3) is 0 Å². The molecule has 4 nitrogen and oxygen atoms in total. The molecule has 0 aromatic carbocycles. The molecule has 0 aromatic rings. The van der Waals surface area contributed by atoms with Crippen molar-refractivity contribution in [2.45, 2.75) is 70.4 Å². The van der Waals surface area contributed by atoms with Gasteiger partial charge in [0.05, 0.1) is 5.60 Å². The second kappa shape index (κ2) is 7.25. The van der Waals surface area contributed by atoms with E-state index in [1.165, 1.54) is 19.3 Å². The second-order valence-corrected chi connectivity index (χ2v) is 6.24. The van der Waals surface area contributed by atoms with Crippen LogP contribution in [-0.2, 0) is 9.53 Å². The van der Waals surface area contributed by atoms with Gasteiger partial charge in [-0.15, -0.1) is 0 Å². The molecule has 0 spiro atoms. The summed E-state index contributed by atoms with van der Waals surface area (Å²) in [6.07, 6.45) is 6.52. The number of hydrogen-bond acceptors (Lipinski definition) is 3. The Balaban J connectivity index is 2.41. The summed E-state index contributed by atoms with van der Waals surface area (Å²) in [5.74, 6) is 0.129. The predicted molar refractivity (Wildman–Crippen MR) is 78.2 cm³/mol. The van der Waals surface area contributed by atoms with E-state index in [0.717, 1.165) is 12.8 Å². The normalized spacial score (nSPS) is 19.2. The molecule has 1 aliphatic carbocycles. The monoisotopic (exact) mass is 270 g/mol. The Morgan fingerprint density at radius 3 is 2.42 bits per heavy atom. The number of nitrogens with one attached hydrogen (secondary N) is 2. The summed E-state index contributed by atoms with van der Waals surface area (Å²) in [6.45, 7) is 7.22. The molecule has 0 aromatic heterocycles. The van der Waals surface area contributed by atoms with E-state index in [0.29, 0.717) is 19.6 Å². The Morgan fingerprint density at radius 2 is 1.89 bits per heavy atom. The van der Waals surface area contributed by atoms with Crippen molar-refractivity contribution in [3.8, 4) is 0 Å². The van der Waals surface area contributed by atoms with Crippen molar-refractivity contribution in [1.82, 2.24) is 10.6 Å². The fraction of sp³-hybridized carbons (Fsp3) is 0.933. The van der Waals surface area contributed by atoms with Crippen LogP contribution >= 0.6 is 0 Å². The maximum Gasteiger partial charge on any atom is 0.221 e. The predicted octanol–water partition coefficient (Wildman–Crippen LogP) is 2.23. The van der Waals surface area contributed by atoms with E-state index in [1.54, 1.807) is 0 Å². The summed E-state index contributed by atoms with van der Waals surface area (Å²) in [5, 5.41) is 6.39. The highest BCUT2D eigenvalue weighted by Crippen LogP contribution is 2.30. The molecule has 1 aliphatic rings. The molecule has 0 unspecified atom stereocenters. The van der Waals surface area contributed by atoms with Gasteiger partial charge in [-0.1, -0.05) is 19.3 Å². The quantitative estimate of drug-likeness (QED) is 0.746. The average molecular weight is 270 g/mol.